The summed E-state index contributed by atoms with van der Waals surface area (Å²) in [6, 6.07) is 2.38. The van der Waals surface area contributed by atoms with Gasteiger partial charge in [-0.25, -0.2) is 13.8 Å². The van der Waals surface area contributed by atoms with Crippen LogP contribution in [-0.2, 0) is 9.59 Å². The van der Waals surface area contributed by atoms with Gasteiger partial charge in [-0.15, -0.1) is 11.3 Å². The zero-order valence-electron chi connectivity index (χ0n) is 13.4. The van der Waals surface area contributed by atoms with Gasteiger partial charge in [0.15, 0.2) is 5.13 Å². The van der Waals surface area contributed by atoms with Gasteiger partial charge in [-0.2, -0.15) is 0 Å². The van der Waals surface area contributed by atoms with Crippen molar-refractivity contribution in [2.45, 2.75) is 26.8 Å². The van der Waals surface area contributed by atoms with Crippen LogP contribution in [0.25, 0.3) is 11.3 Å². The van der Waals surface area contributed by atoms with Gasteiger partial charge >= 0.3 is 0 Å². The second-order valence-corrected chi connectivity index (χ2v) is 6.43. The van der Waals surface area contributed by atoms with Gasteiger partial charge in [-0.1, -0.05) is 13.8 Å². The molecule has 5 nitrogen and oxygen atoms in total. The van der Waals surface area contributed by atoms with Gasteiger partial charge in [-0.05, 0) is 24.1 Å². The third-order valence-corrected chi connectivity index (χ3v) is 4.00. The average Bonchev–Trinajstić information content (AvgIpc) is 2.95. The Labute approximate surface area is 142 Å². The number of hydrogen-bond acceptors (Lipinski definition) is 4. The van der Waals surface area contributed by atoms with Crippen molar-refractivity contribution in [2.75, 3.05) is 5.32 Å². The molecule has 0 radical (unpaired) electrons. The van der Waals surface area contributed by atoms with Crippen molar-refractivity contribution in [3.8, 4) is 11.3 Å². The SMILES string of the molecule is CC(=O)NC(C(=O)Nc1nc(-c2cc(F)ccc2F)cs1)C(C)C. The van der Waals surface area contributed by atoms with Gasteiger partial charge in [0.25, 0.3) is 0 Å². The first-order valence-corrected chi connectivity index (χ1v) is 8.14. The molecule has 0 fully saturated rings. The summed E-state index contributed by atoms with van der Waals surface area (Å²) in [7, 11) is 0. The van der Waals surface area contributed by atoms with Crippen LogP contribution in [0.5, 0.6) is 0 Å². The number of anilines is 1. The van der Waals surface area contributed by atoms with Crippen molar-refractivity contribution < 1.29 is 18.4 Å². The van der Waals surface area contributed by atoms with E-state index in [-0.39, 0.29) is 28.2 Å². The van der Waals surface area contributed by atoms with Crippen LogP contribution in [0.2, 0.25) is 0 Å². The lowest BCUT2D eigenvalue weighted by Gasteiger charge is -2.20. The number of nitrogens with zero attached hydrogens (tertiary/aromatic N) is 1. The molecule has 1 aromatic heterocycles. The van der Waals surface area contributed by atoms with Crippen LogP contribution in [-0.4, -0.2) is 22.8 Å². The van der Waals surface area contributed by atoms with E-state index in [1.54, 1.807) is 13.8 Å². The van der Waals surface area contributed by atoms with E-state index in [2.05, 4.69) is 15.6 Å². The molecule has 0 aliphatic rings. The Morgan fingerprint density at radius 2 is 1.96 bits per heavy atom. The molecule has 128 valence electrons. The van der Waals surface area contributed by atoms with Crippen LogP contribution in [0.4, 0.5) is 13.9 Å². The standard InChI is InChI=1S/C16H17F2N3O2S/c1-8(2)14(19-9(3)22)15(23)21-16-20-13(7-24-16)11-6-10(17)4-5-12(11)18/h4-8,14H,1-3H3,(H,19,22)(H,20,21,23). The second-order valence-electron chi connectivity index (χ2n) is 5.57. The van der Waals surface area contributed by atoms with Gasteiger partial charge in [0.2, 0.25) is 11.8 Å². The van der Waals surface area contributed by atoms with E-state index in [0.29, 0.717) is 0 Å². The zero-order chi connectivity index (χ0) is 17.9. The van der Waals surface area contributed by atoms with Gasteiger partial charge < -0.3 is 10.6 Å². The maximum absolute atomic E-state index is 13.8. The fourth-order valence-electron chi connectivity index (χ4n) is 2.09. The summed E-state index contributed by atoms with van der Waals surface area (Å²) in [5.41, 5.74) is 0.252. The van der Waals surface area contributed by atoms with Crippen LogP contribution in [0.15, 0.2) is 23.6 Å². The molecule has 2 N–H and O–H groups in total. The molecule has 1 atom stereocenters. The number of rotatable bonds is 5. The molecule has 0 aliphatic heterocycles. The van der Waals surface area contributed by atoms with E-state index in [1.165, 1.54) is 12.3 Å². The van der Waals surface area contributed by atoms with Crippen molar-refractivity contribution in [2.24, 2.45) is 5.92 Å². The number of thiazole rings is 1. The summed E-state index contributed by atoms with van der Waals surface area (Å²) in [6.07, 6.45) is 0. The molecule has 0 aliphatic carbocycles. The Bertz CT molecular complexity index is 762. The first kappa shape index (κ1) is 18.0. The first-order chi connectivity index (χ1) is 11.3. The highest BCUT2D eigenvalue weighted by atomic mass is 32.1. The third-order valence-electron chi connectivity index (χ3n) is 3.25. The van der Waals surface area contributed by atoms with Crippen LogP contribution < -0.4 is 10.6 Å². The lowest BCUT2D eigenvalue weighted by atomic mass is 10.0. The normalized spacial score (nSPS) is 12.1. The molecule has 1 unspecified atom stereocenters. The molecule has 2 aromatic rings. The number of carbonyl (C=O) groups excluding carboxylic acids is 2. The summed E-state index contributed by atoms with van der Waals surface area (Å²) >= 11 is 1.09. The molecule has 24 heavy (non-hydrogen) atoms. The fourth-order valence-corrected chi connectivity index (χ4v) is 2.80. The molecule has 1 heterocycles. The highest BCUT2D eigenvalue weighted by Gasteiger charge is 2.24. The summed E-state index contributed by atoms with van der Waals surface area (Å²) in [6.45, 7) is 4.93. The number of halogens is 2. The van der Waals surface area contributed by atoms with Gasteiger partial charge in [-0.3, -0.25) is 9.59 Å². The maximum atomic E-state index is 13.8. The van der Waals surface area contributed by atoms with Crippen molar-refractivity contribution in [3.05, 3.63) is 35.2 Å². The highest BCUT2D eigenvalue weighted by molar-refractivity contribution is 7.14. The number of benzene rings is 1. The fraction of sp³-hybridized carbons (Fsp3) is 0.312. The van der Waals surface area contributed by atoms with Gasteiger partial charge in [0.1, 0.15) is 17.7 Å². The van der Waals surface area contributed by atoms with E-state index in [9.17, 15) is 18.4 Å². The summed E-state index contributed by atoms with van der Waals surface area (Å²) < 4.78 is 27.0. The van der Waals surface area contributed by atoms with Crippen molar-refractivity contribution in [3.63, 3.8) is 0 Å². The molecule has 2 rings (SSSR count). The zero-order valence-corrected chi connectivity index (χ0v) is 14.2. The summed E-state index contributed by atoms with van der Waals surface area (Å²) in [5, 5.41) is 6.93. The number of aromatic nitrogens is 1. The quantitative estimate of drug-likeness (QED) is 0.867. The van der Waals surface area contributed by atoms with E-state index in [1.807, 2.05) is 0 Å². The van der Waals surface area contributed by atoms with E-state index < -0.39 is 23.6 Å². The van der Waals surface area contributed by atoms with Crippen LogP contribution in [0, 0.1) is 17.6 Å². The average molecular weight is 353 g/mol. The molecular weight excluding hydrogens is 336 g/mol. The Morgan fingerprint density at radius 1 is 1.25 bits per heavy atom. The Kier molecular flexibility index (Phi) is 5.61. The Hall–Kier alpha value is -2.35. The van der Waals surface area contributed by atoms with E-state index in [4.69, 9.17) is 0 Å². The molecule has 0 saturated heterocycles. The molecule has 8 heteroatoms. The molecule has 1 aromatic carbocycles. The molecular formula is C16H17F2N3O2S. The van der Waals surface area contributed by atoms with Crippen molar-refractivity contribution >= 4 is 28.3 Å². The van der Waals surface area contributed by atoms with Crippen LogP contribution in [0.3, 0.4) is 0 Å². The minimum atomic E-state index is -0.708. The highest BCUT2D eigenvalue weighted by Crippen LogP contribution is 2.27. The van der Waals surface area contributed by atoms with Crippen molar-refractivity contribution in [1.29, 1.82) is 0 Å². The van der Waals surface area contributed by atoms with Gasteiger partial charge in [0, 0.05) is 17.9 Å². The molecule has 0 bridgehead atoms. The monoisotopic (exact) mass is 353 g/mol. The molecule has 0 saturated carbocycles. The lowest BCUT2D eigenvalue weighted by Crippen LogP contribution is -2.46. The van der Waals surface area contributed by atoms with E-state index >= 15 is 0 Å². The van der Waals surface area contributed by atoms with Crippen molar-refractivity contribution in [1.82, 2.24) is 10.3 Å². The Balaban J connectivity index is 2.17. The largest absolute Gasteiger partial charge is 0.344 e. The Morgan fingerprint density at radius 3 is 2.58 bits per heavy atom. The predicted molar refractivity (Wildman–Crippen MR) is 88.5 cm³/mol. The number of hydrogen-bond donors (Lipinski definition) is 2. The summed E-state index contributed by atoms with van der Waals surface area (Å²) in [4.78, 5) is 27.6. The smallest absolute Gasteiger partial charge is 0.248 e. The maximum Gasteiger partial charge on any atom is 0.248 e. The molecule has 0 spiro atoms. The number of nitrogens with one attached hydrogen (secondary N) is 2. The second kappa shape index (κ2) is 7.48. The number of carbonyl (C=O) groups is 2. The third kappa shape index (κ3) is 4.35. The topological polar surface area (TPSA) is 71.1 Å². The van der Waals surface area contributed by atoms with Gasteiger partial charge in [0.05, 0.1) is 5.69 Å². The van der Waals surface area contributed by atoms with Crippen LogP contribution >= 0.6 is 11.3 Å². The predicted octanol–water partition coefficient (Wildman–Crippen LogP) is 3.19. The van der Waals surface area contributed by atoms with Crippen LogP contribution in [0.1, 0.15) is 20.8 Å². The van der Waals surface area contributed by atoms with E-state index in [0.717, 1.165) is 29.5 Å². The molecule has 2 amide bonds. The first-order valence-electron chi connectivity index (χ1n) is 7.27. The lowest BCUT2D eigenvalue weighted by molar-refractivity contribution is -0.126. The summed E-state index contributed by atoms with van der Waals surface area (Å²) in [5.74, 6) is -2.02. The minimum Gasteiger partial charge on any atom is -0.344 e. The minimum absolute atomic E-state index is 0.0222. The number of amides is 2.